The number of hydrogen-bond acceptors (Lipinski definition) is 6. The lowest BCUT2D eigenvalue weighted by molar-refractivity contribution is 0.0954. The second-order valence-corrected chi connectivity index (χ2v) is 4.49. The van der Waals surface area contributed by atoms with Crippen molar-refractivity contribution in [3.05, 3.63) is 47.5 Å². The smallest absolute Gasteiger partial charge is 0.271 e. The molecule has 0 saturated heterocycles. The number of hydrazone groups is 1. The first-order chi connectivity index (χ1) is 11.1. The van der Waals surface area contributed by atoms with E-state index in [1.807, 2.05) is 0 Å². The summed E-state index contributed by atoms with van der Waals surface area (Å²) in [6.45, 7) is 0. The quantitative estimate of drug-likeness (QED) is 0.577. The van der Waals surface area contributed by atoms with Gasteiger partial charge in [0.1, 0.15) is 0 Å². The first kappa shape index (κ1) is 16.2. The zero-order valence-electron chi connectivity index (χ0n) is 12.6. The van der Waals surface area contributed by atoms with Gasteiger partial charge in [0.15, 0.2) is 23.0 Å². The molecule has 0 saturated carbocycles. The fourth-order valence-electron chi connectivity index (χ4n) is 1.91. The third kappa shape index (κ3) is 3.70. The standard InChI is InChI=1S/C16H16N2O5/c1-22-14-8-10(6-7-12(14)19)16(21)18-17-9-11-4-3-5-13(20)15(11)23-2/h3-9,19-20H,1-2H3,(H,18,21). The van der Waals surface area contributed by atoms with Gasteiger partial charge in [-0.25, -0.2) is 5.43 Å². The van der Waals surface area contributed by atoms with Crippen molar-refractivity contribution in [2.24, 2.45) is 5.10 Å². The number of nitrogens with zero attached hydrogens (tertiary/aromatic N) is 1. The van der Waals surface area contributed by atoms with E-state index in [2.05, 4.69) is 10.5 Å². The Bertz CT molecular complexity index is 743. The summed E-state index contributed by atoms with van der Waals surface area (Å²) in [5.74, 6) is -0.102. The fourth-order valence-corrected chi connectivity index (χ4v) is 1.91. The Kier molecular flexibility index (Phi) is 5.03. The van der Waals surface area contributed by atoms with E-state index in [0.717, 1.165) is 0 Å². The predicted octanol–water partition coefficient (Wildman–Crippen LogP) is 1.88. The maximum atomic E-state index is 12.0. The molecular weight excluding hydrogens is 300 g/mol. The topological polar surface area (TPSA) is 100 Å². The Morgan fingerprint density at radius 2 is 1.91 bits per heavy atom. The highest BCUT2D eigenvalue weighted by Crippen LogP contribution is 2.28. The van der Waals surface area contributed by atoms with Crippen molar-refractivity contribution in [1.82, 2.24) is 5.43 Å². The molecule has 0 fully saturated rings. The molecule has 1 amide bonds. The highest BCUT2D eigenvalue weighted by atomic mass is 16.5. The second-order valence-electron chi connectivity index (χ2n) is 4.49. The lowest BCUT2D eigenvalue weighted by atomic mass is 10.2. The molecule has 2 aromatic rings. The number of benzene rings is 2. The molecule has 0 heterocycles. The SMILES string of the molecule is COc1cc(C(=O)NN=Cc2cccc(O)c2OC)ccc1O. The van der Waals surface area contributed by atoms with Crippen LogP contribution in [-0.4, -0.2) is 36.6 Å². The number of amides is 1. The number of aromatic hydroxyl groups is 2. The molecule has 0 atom stereocenters. The van der Waals surface area contributed by atoms with Crippen molar-refractivity contribution in [1.29, 1.82) is 0 Å². The molecule has 2 rings (SSSR count). The number of phenolic OH excluding ortho intramolecular Hbond substituents is 2. The van der Waals surface area contributed by atoms with Crippen LogP contribution < -0.4 is 14.9 Å². The number of ether oxygens (including phenoxy) is 2. The Labute approximate surface area is 132 Å². The molecule has 3 N–H and O–H groups in total. The lowest BCUT2D eigenvalue weighted by Crippen LogP contribution is -2.17. The Morgan fingerprint density at radius 3 is 2.61 bits per heavy atom. The van der Waals surface area contributed by atoms with Crippen LogP contribution in [0, 0.1) is 0 Å². The summed E-state index contributed by atoms with van der Waals surface area (Å²) in [5.41, 5.74) is 3.13. The molecule has 0 unspecified atom stereocenters. The Hall–Kier alpha value is -3.22. The summed E-state index contributed by atoms with van der Waals surface area (Å²) in [7, 11) is 2.82. The third-order valence-electron chi connectivity index (χ3n) is 3.04. The minimum absolute atomic E-state index is 0.0222. The summed E-state index contributed by atoms with van der Waals surface area (Å²) < 4.78 is 10.0. The van der Waals surface area contributed by atoms with E-state index in [4.69, 9.17) is 9.47 Å². The number of rotatable bonds is 5. The summed E-state index contributed by atoms with van der Waals surface area (Å²) in [4.78, 5) is 12.0. The van der Waals surface area contributed by atoms with Gasteiger partial charge in [-0.1, -0.05) is 6.07 Å². The molecule has 0 radical (unpaired) electrons. The van der Waals surface area contributed by atoms with Crippen LogP contribution in [0.15, 0.2) is 41.5 Å². The molecule has 0 aromatic heterocycles. The molecule has 0 spiro atoms. The fraction of sp³-hybridized carbons (Fsp3) is 0.125. The van der Waals surface area contributed by atoms with Crippen molar-refractivity contribution in [3.63, 3.8) is 0 Å². The number of nitrogens with one attached hydrogen (secondary N) is 1. The number of carbonyl (C=O) groups excluding carboxylic acids is 1. The zero-order valence-corrected chi connectivity index (χ0v) is 12.6. The van der Waals surface area contributed by atoms with E-state index >= 15 is 0 Å². The van der Waals surface area contributed by atoms with Crippen LogP contribution in [0.3, 0.4) is 0 Å². The molecule has 23 heavy (non-hydrogen) atoms. The maximum Gasteiger partial charge on any atom is 0.271 e. The van der Waals surface area contributed by atoms with Crippen LogP contribution in [0.2, 0.25) is 0 Å². The van der Waals surface area contributed by atoms with E-state index in [1.54, 1.807) is 12.1 Å². The first-order valence-electron chi connectivity index (χ1n) is 6.63. The monoisotopic (exact) mass is 316 g/mol. The average Bonchev–Trinajstić information content (AvgIpc) is 2.55. The number of hydrogen-bond donors (Lipinski definition) is 3. The third-order valence-corrected chi connectivity index (χ3v) is 3.04. The van der Waals surface area contributed by atoms with Gasteiger partial charge in [-0.3, -0.25) is 4.79 Å². The van der Waals surface area contributed by atoms with Gasteiger partial charge in [0, 0.05) is 11.1 Å². The highest BCUT2D eigenvalue weighted by Gasteiger charge is 2.09. The van der Waals surface area contributed by atoms with E-state index in [0.29, 0.717) is 5.56 Å². The van der Waals surface area contributed by atoms with Crippen LogP contribution in [0.25, 0.3) is 0 Å². The zero-order chi connectivity index (χ0) is 16.8. The maximum absolute atomic E-state index is 12.0. The molecule has 0 aliphatic heterocycles. The minimum atomic E-state index is -0.473. The molecule has 0 aliphatic rings. The number of para-hydroxylation sites is 1. The molecule has 7 heteroatoms. The van der Waals surface area contributed by atoms with Gasteiger partial charge < -0.3 is 19.7 Å². The average molecular weight is 316 g/mol. The van der Waals surface area contributed by atoms with Gasteiger partial charge in [-0.05, 0) is 30.3 Å². The molecule has 2 aromatic carbocycles. The Morgan fingerprint density at radius 1 is 1.13 bits per heavy atom. The largest absolute Gasteiger partial charge is 0.504 e. The van der Waals surface area contributed by atoms with Crippen LogP contribution in [0.4, 0.5) is 0 Å². The van der Waals surface area contributed by atoms with E-state index < -0.39 is 5.91 Å². The second kappa shape index (κ2) is 7.17. The van der Waals surface area contributed by atoms with E-state index in [-0.39, 0.29) is 28.6 Å². The summed E-state index contributed by atoms with van der Waals surface area (Å²) in [6.07, 6.45) is 1.36. The van der Waals surface area contributed by atoms with Crippen LogP contribution in [-0.2, 0) is 0 Å². The minimum Gasteiger partial charge on any atom is -0.504 e. The van der Waals surface area contributed by atoms with Crippen molar-refractivity contribution in [2.45, 2.75) is 0 Å². The van der Waals surface area contributed by atoms with Gasteiger partial charge in [0.2, 0.25) is 0 Å². The van der Waals surface area contributed by atoms with Gasteiger partial charge >= 0.3 is 0 Å². The molecular formula is C16H16N2O5. The summed E-state index contributed by atoms with van der Waals surface area (Å²) >= 11 is 0. The lowest BCUT2D eigenvalue weighted by Gasteiger charge is -2.07. The summed E-state index contributed by atoms with van der Waals surface area (Å²) in [6, 6.07) is 8.99. The van der Waals surface area contributed by atoms with Gasteiger partial charge in [0.25, 0.3) is 5.91 Å². The molecule has 0 aliphatic carbocycles. The first-order valence-corrected chi connectivity index (χ1v) is 6.63. The van der Waals surface area contributed by atoms with Gasteiger partial charge in [-0.2, -0.15) is 5.10 Å². The van der Waals surface area contributed by atoms with Gasteiger partial charge in [-0.15, -0.1) is 0 Å². The number of phenols is 2. The predicted molar refractivity (Wildman–Crippen MR) is 84.4 cm³/mol. The number of methoxy groups -OCH3 is 2. The van der Waals surface area contributed by atoms with Crippen molar-refractivity contribution < 1.29 is 24.5 Å². The van der Waals surface area contributed by atoms with Crippen LogP contribution in [0.1, 0.15) is 15.9 Å². The number of carbonyl (C=O) groups is 1. The highest BCUT2D eigenvalue weighted by molar-refractivity contribution is 5.95. The molecule has 120 valence electrons. The molecule has 0 bridgehead atoms. The Balaban J connectivity index is 2.12. The summed E-state index contributed by atoms with van der Waals surface area (Å²) in [5, 5.41) is 23.0. The van der Waals surface area contributed by atoms with Crippen LogP contribution in [0.5, 0.6) is 23.0 Å². The van der Waals surface area contributed by atoms with Gasteiger partial charge in [0.05, 0.1) is 20.4 Å². The van der Waals surface area contributed by atoms with E-state index in [9.17, 15) is 15.0 Å². The van der Waals surface area contributed by atoms with Crippen LogP contribution >= 0.6 is 0 Å². The van der Waals surface area contributed by atoms with Crippen molar-refractivity contribution in [3.8, 4) is 23.0 Å². The van der Waals surface area contributed by atoms with Crippen molar-refractivity contribution >= 4 is 12.1 Å². The molecule has 7 nitrogen and oxygen atoms in total. The normalized spacial score (nSPS) is 10.5. The van der Waals surface area contributed by atoms with Crippen molar-refractivity contribution in [2.75, 3.05) is 14.2 Å². The van der Waals surface area contributed by atoms with E-state index in [1.165, 1.54) is 44.7 Å².